The molecule has 2 aromatic rings. The van der Waals surface area contributed by atoms with Gasteiger partial charge in [-0.05, 0) is 29.9 Å². The van der Waals surface area contributed by atoms with Gasteiger partial charge in [-0.25, -0.2) is 0 Å². The van der Waals surface area contributed by atoms with Crippen molar-refractivity contribution < 1.29 is 9.90 Å². The Labute approximate surface area is 120 Å². The van der Waals surface area contributed by atoms with Crippen molar-refractivity contribution in [2.24, 2.45) is 0 Å². The van der Waals surface area contributed by atoms with Crippen LogP contribution in [0.4, 0.5) is 0 Å². The van der Waals surface area contributed by atoms with Crippen LogP contribution in [-0.4, -0.2) is 29.1 Å². The fourth-order valence-corrected chi connectivity index (χ4v) is 4.18. The molecule has 5 heteroatoms. The molecule has 19 heavy (non-hydrogen) atoms. The van der Waals surface area contributed by atoms with E-state index in [4.69, 9.17) is 16.7 Å². The van der Waals surface area contributed by atoms with Crippen molar-refractivity contribution >= 4 is 38.9 Å². The fraction of sp³-hybridized carbons (Fsp3) is 0.357. The van der Waals surface area contributed by atoms with Crippen LogP contribution in [0.25, 0.3) is 10.1 Å². The van der Waals surface area contributed by atoms with Gasteiger partial charge in [0.2, 0.25) is 5.91 Å². The number of hydrogen-bond acceptors (Lipinski definition) is 3. The zero-order valence-corrected chi connectivity index (χ0v) is 12.1. The van der Waals surface area contributed by atoms with E-state index in [9.17, 15) is 4.79 Å². The van der Waals surface area contributed by atoms with Crippen LogP contribution < -0.4 is 0 Å². The average Bonchev–Trinajstić information content (AvgIpc) is 2.80. The highest BCUT2D eigenvalue weighted by Gasteiger charge is 2.24. The van der Waals surface area contributed by atoms with Crippen LogP contribution in [0.3, 0.4) is 0 Å². The molecule has 0 saturated carbocycles. The first-order valence-electron chi connectivity index (χ1n) is 6.19. The van der Waals surface area contributed by atoms with Crippen LogP contribution in [0.1, 0.15) is 16.0 Å². The Morgan fingerprint density at radius 2 is 2.32 bits per heavy atom. The summed E-state index contributed by atoms with van der Waals surface area (Å²) in [6.45, 7) is 2.84. The van der Waals surface area contributed by atoms with E-state index < -0.39 is 6.61 Å². The van der Waals surface area contributed by atoms with Crippen molar-refractivity contribution in [3.63, 3.8) is 0 Å². The molecule has 1 aromatic heterocycles. The van der Waals surface area contributed by atoms with E-state index in [1.165, 1.54) is 15.8 Å². The SMILES string of the molecule is Cc1ccc2c3c(sc2c1Cl)CN(C(=O)CO)CC3. The first-order valence-corrected chi connectivity index (χ1v) is 7.39. The van der Waals surface area contributed by atoms with Crippen molar-refractivity contribution in [3.8, 4) is 0 Å². The van der Waals surface area contributed by atoms with Crippen LogP contribution in [0.2, 0.25) is 5.02 Å². The maximum atomic E-state index is 11.6. The molecule has 1 aliphatic heterocycles. The van der Waals surface area contributed by atoms with Crippen LogP contribution in [0.5, 0.6) is 0 Å². The predicted molar refractivity (Wildman–Crippen MR) is 77.8 cm³/mol. The lowest BCUT2D eigenvalue weighted by molar-refractivity contribution is -0.135. The maximum absolute atomic E-state index is 11.6. The minimum Gasteiger partial charge on any atom is -0.387 e. The minimum absolute atomic E-state index is 0.203. The van der Waals surface area contributed by atoms with Gasteiger partial charge in [0, 0.05) is 11.4 Å². The predicted octanol–water partition coefficient (Wildman–Crippen LogP) is 2.74. The van der Waals surface area contributed by atoms with E-state index >= 15 is 0 Å². The summed E-state index contributed by atoms with van der Waals surface area (Å²) in [4.78, 5) is 14.5. The van der Waals surface area contributed by atoms with Crippen molar-refractivity contribution in [1.82, 2.24) is 4.90 Å². The van der Waals surface area contributed by atoms with Crippen molar-refractivity contribution in [1.29, 1.82) is 0 Å². The van der Waals surface area contributed by atoms with Gasteiger partial charge >= 0.3 is 0 Å². The average molecular weight is 296 g/mol. The molecule has 1 aromatic carbocycles. The zero-order valence-electron chi connectivity index (χ0n) is 10.6. The Morgan fingerprint density at radius 3 is 3.05 bits per heavy atom. The summed E-state index contributed by atoms with van der Waals surface area (Å²) in [5, 5.41) is 11.0. The van der Waals surface area contributed by atoms with E-state index in [2.05, 4.69) is 6.07 Å². The number of aryl methyl sites for hydroxylation is 1. The number of hydrogen-bond donors (Lipinski definition) is 1. The van der Waals surface area contributed by atoms with Crippen LogP contribution in [0, 0.1) is 6.92 Å². The molecule has 0 fully saturated rings. The number of rotatable bonds is 1. The Morgan fingerprint density at radius 1 is 1.53 bits per heavy atom. The first kappa shape index (κ1) is 12.9. The summed E-state index contributed by atoms with van der Waals surface area (Å²) in [6, 6.07) is 4.17. The Balaban J connectivity index is 2.07. The Bertz CT molecular complexity index is 665. The molecule has 0 aliphatic carbocycles. The van der Waals surface area contributed by atoms with Crippen LogP contribution in [0.15, 0.2) is 12.1 Å². The van der Waals surface area contributed by atoms with Crippen molar-refractivity contribution in [2.45, 2.75) is 19.9 Å². The van der Waals surface area contributed by atoms with Gasteiger partial charge in [0.25, 0.3) is 0 Å². The summed E-state index contributed by atoms with van der Waals surface area (Å²) in [6.07, 6.45) is 0.834. The third-order valence-electron chi connectivity index (χ3n) is 3.63. The number of benzene rings is 1. The molecular formula is C14H14ClNO2S. The van der Waals surface area contributed by atoms with Crippen LogP contribution in [-0.2, 0) is 17.8 Å². The highest BCUT2D eigenvalue weighted by atomic mass is 35.5. The molecule has 0 saturated heterocycles. The number of fused-ring (bicyclic) bond motifs is 3. The van der Waals surface area contributed by atoms with Gasteiger partial charge in [0.1, 0.15) is 6.61 Å². The molecule has 1 amide bonds. The molecule has 0 bridgehead atoms. The van der Waals surface area contributed by atoms with E-state index in [0.29, 0.717) is 13.1 Å². The molecule has 100 valence electrons. The van der Waals surface area contributed by atoms with E-state index in [1.807, 2.05) is 13.0 Å². The third-order valence-corrected chi connectivity index (χ3v) is 5.48. The smallest absolute Gasteiger partial charge is 0.248 e. The summed E-state index contributed by atoms with van der Waals surface area (Å²) in [5.41, 5.74) is 2.39. The summed E-state index contributed by atoms with van der Waals surface area (Å²) in [7, 11) is 0. The van der Waals surface area contributed by atoms with Gasteiger partial charge in [-0.2, -0.15) is 0 Å². The number of nitrogens with zero attached hydrogens (tertiary/aromatic N) is 1. The van der Waals surface area contributed by atoms with Crippen molar-refractivity contribution in [3.05, 3.63) is 33.2 Å². The largest absolute Gasteiger partial charge is 0.387 e. The highest BCUT2D eigenvalue weighted by Crippen LogP contribution is 2.40. The number of aliphatic hydroxyl groups is 1. The van der Waals surface area contributed by atoms with Gasteiger partial charge in [0.05, 0.1) is 16.3 Å². The number of carbonyl (C=O) groups is 1. The van der Waals surface area contributed by atoms with Crippen molar-refractivity contribution in [2.75, 3.05) is 13.2 Å². The topological polar surface area (TPSA) is 40.5 Å². The van der Waals surface area contributed by atoms with Gasteiger partial charge in [-0.1, -0.05) is 23.7 Å². The number of halogens is 1. The summed E-state index contributed by atoms with van der Waals surface area (Å²) >= 11 is 8.03. The second kappa shape index (κ2) is 4.78. The summed E-state index contributed by atoms with van der Waals surface area (Å²) < 4.78 is 1.12. The number of carbonyl (C=O) groups excluding carboxylic acids is 1. The molecule has 3 rings (SSSR count). The lowest BCUT2D eigenvalue weighted by atomic mass is 10.0. The fourth-order valence-electron chi connectivity index (χ4n) is 2.54. The molecule has 0 radical (unpaired) electrons. The highest BCUT2D eigenvalue weighted by molar-refractivity contribution is 7.20. The van der Waals surface area contributed by atoms with E-state index in [0.717, 1.165) is 21.7 Å². The van der Waals surface area contributed by atoms with Crippen LogP contribution >= 0.6 is 22.9 Å². The number of amides is 1. The van der Waals surface area contributed by atoms with Gasteiger partial charge in [0.15, 0.2) is 0 Å². The molecule has 1 aliphatic rings. The standard InChI is InChI=1S/C14H14ClNO2S/c1-8-2-3-10-9-4-5-16(12(18)7-17)6-11(9)19-14(10)13(8)15/h2-3,17H,4-7H2,1H3. The molecule has 0 spiro atoms. The lowest BCUT2D eigenvalue weighted by Crippen LogP contribution is -2.36. The Hall–Kier alpha value is -1.10. The first-order chi connectivity index (χ1) is 9.11. The molecule has 2 heterocycles. The van der Waals surface area contributed by atoms with Gasteiger partial charge < -0.3 is 10.0 Å². The summed E-state index contributed by atoms with van der Waals surface area (Å²) in [5.74, 6) is -0.203. The van der Waals surface area contributed by atoms with E-state index in [-0.39, 0.29) is 5.91 Å². The molecule has 1 N–H and O–H groups in total. The zero-order chi connectivity index (χ0) is 13.6. The van der Waals surface area contributed by atoms with Gasteiger partial charge in [-0.3, -0.25) is 4.79 Å². The monoisotopic (exact) mass is 295 g/mol. The molecule has 3 nitrogen and oxygen atoms in total. The number of aliphatic hydroxyl groups excluding tert-OH is 1. The number of thiophene rings is 1. The van der Waals surface area contributed by atoms with E-state index in [1.54, 1.807) is 16.2 Å². The molecule has 0 unspecified atom stereocenters. The third kappa shape index (κ3) is 2.04. The molecule has 0 atom stereocenters. The second-order valence-corrected chi connectivity index (χ2v) is 6.28. The Kier molecular flexibility index (Phi) is 3.25. The second-order valence-electron chi connectivity index (χ2n) is 4.80. The van der Waals surface area contributed by atoms with Gasteiger partial charge in [-0.15, -0.1) is 11.3 Å². The molecular weight excluding hydrogens is 282 g/mol. The maximum Gasteiger partial charge on any atom is 0.248 e. The quantitative estimate of drug-likeness (QED) is 0.879. The minimum atomic E-state index is -0.417. The lowest BCUT2D eigenvalue weighted by Gasteiger charge is -2.26. The normalized spacial score (nSPS) is 14.8.